The lowest BCUT2D eigenvalue weighted by Crippen LogP contribution is -2.34. The van der Waals surface area contributed by atoms with Crippen LogP contribution in [0.3, 0.4) is 0 Å². The van der Waals surface area contributed by atoms with Crippen LogP contribution >= 0.6 is 0 Å². The minimum absolute atomic E-state index is 0.228. The van der Waals surface area contributed by atoms with E-state index in [4.69, 9.17) is 4.74 Å². The summed E-state index contributed by atoms with van der Waals surface area (Å²) in [6.45, 7) is 3.27. The highest BCUT2D eigenvalue weighted by Gasteiger charge is 2.24. The number of unbranched alkanes of at least 4 members (excludes halogenated alkanes) is 1. The van der Waals surface area contributed by atoms with Gasteiger partial charge in [-0.1, -0.05) is 31.5 Å². The van der Waals surface area contributed by atoms with E-state index in [9.17, 15) is 8.42 Å². The maximum Gasteiger partial charge on any atom is 0.214 e. The van der Waals surface area contributed by atoms with Gasteiger partial charge in [0.15, 0.2) is 0 Å². The van der Waals surface area contributed by atoms with Gasteiger partial charge in [0.25, 0.3) is 0 Å². The minimum Gasteiger partial charge on any atom is -0.492 e. The van der Waals surface area contributed by atoms with Gasteiger partial charge in [0.2, 0.25) is 10.0 Å². The number of fused-ring (bicyclic) bond motifs is 1. The van der Waals surface area contributed by atoms with Gasteiger partial charge in [0.05, 0.1) is 5.75 Å². The Labute approximate surface area is 109 Å². The molecule has 0 radical (unpaired) electrons. The van der Waals surface area contributed by atoms with Gasteiger partial charge in [-0.15, -0.1) is 0 Å². The van der Waals surface area contributed by atoms with Gasteiger partial charge < -0.3 is 4.74 Å². The minimum atomic E-state index is -3.16. The number of para-hydroxylation sites is 1. The zero-order chi connectivity index (χ0) is 13.0. The standard InChI is InChI=1S/C13H19NO3S/c1-2-3-10-18(15,16)14-8-9-17-13-7-5-4-6-12(13)11-14/h4-7H,2-3,8-11H2,1H3. The molecular weight excluding hydrogens is 250 g/mol. The van der Waals surface area contributed by atoms with Crippen LogP contribution < -0.4 is 4.74 Å². The van der Waals surface area contributed by atoms with Crippen LogP contribution in [0, 0.1) is 0 Å². The summed E-state index contributed by atoms with van der Waals surface area (Å²) in [7, 11) is -3.16. The third-order valence-electron chi connectivity index (χ3n) is 3.07. The molecule has 2 rings (SSSR count). The molecule has 5 heteroatoms. The Bertz CT molecular complexity index is 499. The molecule has 4 nitrogen and oxygen atoms in total. The first kappa shape index (κ1) is 13.4. The summed E-state index contributed by atoms with van der Waals surface area (Å²) in [4.78, 5) is 0. The molecule has 18 heavy (non-hydrogen) atoms. The van der Waals surface area contributed by atoms with E-state index in [-0.39, 0.29) is 5.75 Å². The quantitative estimate of drug-likeness (QED) is 0.840. The maximum atomic E-state index is 12.2. The van der Waals surface area contributed by atoms with E-state index in [1.54, 1.807) is 0 Å². The fraction of sp³-hybridized carbons (Fsp3) is 0.538. The average Bonchev–Trinajstić information content (AvgIpc) is 2.59. The molecule has 0 bridgehead atoms. The highest BCUT2D eigenvalue weighted by atomic mass is 32.2. The van der Waals surface area contributed by atoms with Gasteiger partial charge in [-0.2, -0.15) is 4.31 Å². The first-order valence-corrected chi connectivity index (χ1v) is 7.93. The van der Waals surface area contributed by atoms with Crippen molar-refractivity contribution in [3.8, 4) is 5.75 Å². The lowest BCUT2D eigenvalue weighted by atomic mass is 10.2. The topological polar surface area (TPSA) is 46.6 Å². The van der Waals surface area contributed by atoms with Crippen molar-refractivity contribution in [3.05, 3.63) is 29.8 Å². The van der Waals surface area contributed by atoms with Crippen LogP contribution in [-0.2, 0) is 16.6 Å². The number of nitrogens with zero attached hydrogens (tertiary/aromatic N) is 1. The molecule has 1 heterocycles. The summed E-state index contributed by atoms with van der Waals surface area (Å²) in [5.41, 5.74) is 0.940. The van der Waals surface area contributed by atoms with Crippen LogP contribution in [0.25, 0.3) is 0 Å². The second kappa shape index (κ2) is 5.71. The molecule has 1 aliphatic heterocycles. The van der Waals surface area contributed by atoms with Gasteiger partial charge in [-0.25, -0.2) is 8.42 Å². The summed E-state index contributed by atoms with van der Waals surface area (Å²) in [5.74, 6) is 1.02. The van der Waals surface area contributed by atoms with E-state index < -0.39 is 10.0 Å². The lowest BCUT2D eigenvalue weighted by Gasteiger charge is -2.19. The van der Waals surface area contributed by atoms with Crippen LogP contribution in [0.1, 0.15) is 25.3 Å². The molecular formula is C13H19NO3S. The van der Waals surface area contributed by atoms with E-state index in [0.717, 1.165) is 17.7 Å². The molecule has 1 aromatic rings. The van der Waals surface area contributed by atoms with Crippen molar-refractivity contribution in [2.24, 2.45) is 0 Å². The highest BCUT2D eigenvalue weighted by molar-refractivity contribution is 7.89. The molecule has 0 atom stereocenters. The van der Waals surface area contributed by atoms with Crippen molar-refractivity contribution >= 4 is 10.0 Å². The van der Waals surface area contributed by atoms with E-state index in [1.165, 1.54) is 4.31 Å². The zero-order valence-corrected chi connectivity index (χ0v) is 11.4. The molecule has 0 N–H and O–H groups in total. The summed E-state index contributed by atoms with van der Waals surface area (Å²) >= 11 is 0. The Morgan fingerprint density at radius 1 is 1.33 bits per heavy atom. The van der Waals surface area contributed by atoms with Crippen LogP contribution in [-0.4, -0.2) is 31.6 Å². The predicted molar refractivity (Wildman–Crippen MR) is 71.0 cm³/mol. The second-order valence-electron chi connectivity index (χ2n) is 4.46. The first-order chi connectivity index (χ1) is 8.63. The van der Waals surface area contributed by atoms with E-state index >= 15 is 0 Å². The Morgan fingerprint density at radius 2 is 2.11 bits per heavy atom. The average molecular weight is 269 g/mol. The molecule has 1 aromatic carbocycles. The van der Waals surface area contributed by atoms with Gasteiger partial charge >= 0.3 is 0 Å². The third-order valence-corrected chi connectivity index (χ3v) is 4.97. The van der Waals surface area contributed by atoms with Crippen LogP contribution in [0.5, 0.6) is 5.75 Å². The predicted octanol–water partition coefficient (Wildman–Crippen LogP) is 2.01. The zero-order valence-electron chi connectivity index (χ0n) is 10.6. The molecule has 0 spiro atoms. The van der Waals surface area contributed by atoms with Crippen molar-refractivity contribution in [2.45, 2.75) is 26.3 Å². The molecule has 0 amide bonds. The fourth-order valence-corrected chi connectivity index (χ4v) is 3.60. The summed E-state index contributed by atoms with van der Waals surface area (Å²) in [6.07, 6.45) is 1.60. The van der Waals surface area contributed by atoms with Crippen molar-refractivity contribution in [2.75, 3.05) is 18.9 Å². The maximum absolute atomic E-state index is 12.2. The smallest absolute Gasteiger partial charge is 0.214 e. The Balaban J connectivity index is 2.17. The van der Waals surface area contributed by atoms with Crippen molar-refractivity contribution in [1.29, 1.82) is 0 Å². The number of benzene rings is 1. The first-order valence-electron chi connectivity index (χ1n) is 6.32. The van der Waals surface area contributed by atoms with Crippen molar-refractivity contribution in [1.82, 2.24) is 4.31 Å². The molecule has 0 aromatic heterocycles. The number of hydrogen-bond donors (Lipinski definition) is 0. The number of sulfonamides is 1. The largest absolute Gasteiger partial charge is 0.492 e. The normalized spacial score (nSPS) is 16.7. The van der Waals surface area contributed by atoms with Crippen molar-refractivity contribution in [3.63, 3.8) is 0 Å². The van der Waals surface area contributed by atoms with Crippen LogP contribution in [0.15, 0.2) is 24.3 Å². The molecule has 0 saturated carbocycles. The Kier molecular flexibility index (Phi) is 4.24. The molecule has 0 unspecified atom stereocenters. The summed E-state index contributed by atoms with van der Waals surface area (Å²) in [5, 5.41) is 0. The number of rotatable bonds is 4. The Hall–Kier alpha value is -1.07. The SMILES string of the molecule is CCCCS(=O)(=O)N1CCOc2ccccc2C1. The lowest BCUT2D eigenvalue weighted by molar-refractivity contribution is 0.293. The van der Waals surface area contributed by atoms with E-state index in [2.05, 4.69) is 0 Å². The van der Waals surface area contributed by atoms with Crippen molar-refractivity contribution < 1.29 is 13.2 Å². The summed E-state index contributed by atoms with van der Waals surface area (Å²) < 4.78 is 31.5. The van der Waals surface area contributed by atoms with Gasteiger partial charge in [-0.3, -0.25) is 0 Å². The molecule has 100 valence electrons. The second-order valence-corrected chi connectivity index (χ2v) is 6.55. The van der Waals surface area contributed by atoms with E-state index in [0.29, 0.717) is 26.1 Å². The monoisotopic (exact) mass is 269 g/mol. The molecule has 1 aliphatic rings. The summed E-state index contributed by atoms with van der Waals surface area (Å²) in [6, 6.07) is 7.62. The number of hydrogen-bond acceptors (Lipinski definition) is 3. The fourth-order valence-electron chi connectivity index (χ4n) is 2.00. The number of ether oxygens (including phenoxy) is 1. The molecule has 0 saturated heterocycles. The van der Waals surface area contributed by atoms with Crippen LogP contribution in [0.2, 0.25) is 0 Å². The third kappa shape index (κ3) is 3.03. The molecule has 0 aliphatic carbocycles. The van der Waals surface area contributed by atoms with Crippen LogP contribution in [0.4, 0.5) is 0 Å². The highest BCUT2D eigenvalue weighted by Crippen LogP contribution is 2.24. The molecule has 0 fully saturated rings. The van der Waals surface area contributed by atoms with Gasteiger partial charge in [0, 0.05) is 18.7 Å². The van der Waals surface area contributed by atoms with Gasteiger partial charge in [-0.05, 0) is 12.5 Å². The van der Waals surface area contributed by atoms with Gasteiger partial charge in [0.1, 0.15) is 12.4 Å². The Morgan fingerprint density at radius 3 is 2.89 bits per heavy atom. The van der Waals surface area contributed by atoms with E-state index in [1.807, 2.05) is 31.2 Å².